The lowest BCUT2D eigenvalue weighted by Crippen LogP contribution is -2.31. The molecule has 9 heteroatoms. The number of rotatable bonds is 12. The zero-order valence-corrected chi connectivity index (χ0v) is 30.0. The molecule has 0 spiro atoms. The van der Waals surface area contributed by atoms with Gasteiger partial charge in [-0.05, 0) is 111 Å². The first-order valence-electron chi connectivity index (χ1n) is 17.6. The maximum absolute atomic E-state index is 14.8. The second-order valence-corrected chi connectivity index (χ2v) is 14.8. The topological polar surface area (TPSA) is 111 Å². The third-order valence-corrected chi connectivity index (χ3v) is 9.70. The summed E-state index contributed by atoms with van der Waals surface area (Å²) in [7, 11) is 0. The summed E-state index contributed by atoms with van der Waals surface area (Å²) in [6.45, 7) is 5.39. The zero-order chi connectivity index (χ0) is 36.1. The normalized spacial score (nSPS) is 22.9. The molecule has 1 heterocycles. The summed E-state index contributed by atoms with van der Waals surface area (Å²) in [6.07, 6.45) is 11.6. The Hall–Kier alpha value is -4.42. The van der Waals surface area contributed by atoms with Gasteiger partial charge in [0.1, 0.15) is 35.6 Å². The van der Waals surface area contributed by atoms with E-state index in [1.807, 2.05) is 75.4 Å². The third-order valence-electron chi connectivity index (χ3n) is 9.41. The number of ether oxygens (including phenoxy) is 3. The monoisotopic (exact) mass is 710 g/mol. The minimum absolute atomic E-state index is 0.0112. The van der Waals surface area contributed by atoms with Gasteiger partial charge in [0, 0.05) is 23.7 Å². The van der Waals surface area contributed by atoms with Gasteiger partial charge >= 0.3 is 5.97 Å². The number of benzene rings is 3. The lowest BCUT2D eigenvalue weighted by atomic mass is 9.96. The third kappa shape index (κ3) is 9.09. The van der Waals surface area contributed by atoms with Crippen LogP contribution in [0.25, 0.3) is 11.1 Å². The molecule has 51 heavy (non-hydrogen) atoms. The van der Waals surface area contributed by atoms with Crippen LogP contribution in [0, 0.1) is 23.1 Å². The summed E-state index contributed by atoms with van der Waals surface area (Å²) in [5, 5.41) is 23.4. The minimum Gasteiger partial charge on any atom is -0.488 e. The van der Waals surface area contributed by atoms with Gasteiger partial charge in [0.2, 0.25) is 0 Å². The molecule has 0 radical (unpaired) electrons. The lowest BCUT2D eigenvalue weighted by Gasteiger charge is -2.23. The number of carbonyl (C=O) groups is 1. The average Bonchev–Trinajstić information content (AvgIpc) is 3.68. The van der Waals surface area contributed by atoms with Crippen LogP contribution in [0.15, 0.2) is 90.0 Å². The first kappa shape index (κ1) is 36.4. The van der Waals surface area contributed by atoms with Gasteiger partial charge in [-0.3, -0.25) is 4.79 Å². The second-order valence-electron chi connectivity index (χ2n) is 14.4. The minimum atomic E-state index is -0.637. The fourth-order valence-electron chi connectivity index (χ4n) is 6.82. The molecule has 3 aliphatic rings. The number of aliphatic hydroxyl groups excluding tert-OH is 1. The SMILES string of the molecule is CC(C)(C)OC(=O)C(CO)CC1NC1Cc1cc(Cl)c(OC2CCc3c(-c4ccccc4F)cccc32)cc1OCC1=C/CC/C=C/C(C#N)=C\1. The van der Waals surface area contributed by atoms with E-state index in [2.05, 4.69) is 17.5 Å². The molecule has 3 aromatic rings. The van der Waals surface area contributed by atoms with E-state index < -0.39 is 17.5 Å². The van der Waals surface area contributed by atoms with Gasteiger partial charge in [-0.1, -0.05) is 60.2 Å². The van der Waals surface area contributed by atoms with E-state index in [0.717, 1.165) is 47.1 Å². The molecule has 1 aliphatic heterocycles. The molecule has 0 bridgehead atoms. The molecule has 0 saturated carbocycles. The van der Waals surface area contributed by atoms with E-state index in [9.17, 15) is 19.6 Å². The predicted octanol–water partition coefficient (Wildman–Crippen LogP) is 8.54. The highest BCUT2D eigenvalue weighted by atomic mass is 35.5. The number of fused-ring (bicyclic) bond motifs is 1. The van der Waals surface area contributed by atoms with Crippen molar-refractivity contribution in [2.24, 2.45) is 5.92 Å². The Morgan fingerprint density at radius 3 is 2.67 bits per heavy atom. The van der Waals surface area contributed by atoms with Gasteiger partial charge in [0.25, 0.3) is 0 Å². The van der Waals surface area contributed by atoms with Crippen molar-refractivity contribution in [1.82, 2.24) is 5.32 Å². The van der Waals surface area contributed by atoms with Crippen molar-refractivity contribution in [3.63, 3.8) is 0 Å². The van der Waals surface area contributed by atoms with Crippen molar-refractivity contribution in [2.45, 2.75) is 83.1 Å². The van der Waals surface area contributed by atoms with E-state index in [-0.39, 0.29) is 37.2 Å². The van der Waals surface area contributed by atoms with Crippen molar-refractivity contribution in [2.75, 3.05) is 13.2 Å². The van der Waals surface area contributed by atoms with E-state index in [4.69, 9.17) is 25.8 Å². The number of allylic oxidation sites excluding steroid dienone is 4. The second kappa shape index (κ2) is 15.9. The van der Waals surface area contributed by atoms with Gasteiger partial charge in [-0.2, -0.15) is 5.26 Å². The molecule has 0 amide bonds. The van der Waals surface area contributed by atoms with Crippen LogP contribution in [0.3, 0.4) is 0 Å². The Kier molecular flexibility index (Phi) is 11.3. The molecule has 4 atom stereocenters. The van der Waals surface area contributed by atoms with Gasteiger partial charge in [0.05, 0.1) is 29.2 Å². The summed E-state index contributed by atoms with van der Waals surface area (Å²) in [5.74, 6) is -0.203. The summed E-state index contributed by atoms with van der Waals surface area (Å²) >= 11 is 6.92. The Labute approximate surface area is 304 Å². The first-order chi connectivity index (χ1) is 24.5. The van der Waals surface area contributed by atoms with Crippen LogP contribution in [0.1, 0.15) is 69.2 Å². The molecule has 4 unspecified atom stereocenters. The van der Waals surface area contributed by atoms with E-state index in [1.54, 1.807) is 12.1 Å². The number of nitrogens with one attached hydrogen (secondary N) is 1. The molecule has 3 aromatic carbocycles. The highest BCUT2D eigenvalue weighted by Crippen LogP contribution is 2.44. The van der Waals surface area contributed by atoms with Crippen molar-refractivity contribution >= 4 is 17.6 Å². The number of nitriles is 1. The highest BCUT2D eigenvalue weighted by Gasteiger charge is 2.40. The number of nitrogens with zero attached hydrogens (tertiary/aromatic N) is 1. The predicted molar refractivity (Wildman–Crippen MR) is 196 cm³/mol. The van der Waals surface area contributed by atoms with Gasteiger partial charge in [0.15, 0.2) is 0 Å². The van der Waals surface area contributed by atoms with Crippen LogP contribution in [-0.4, -0.2) is 42.0 Å². The maximum atomic E-state index is 14.8. The smallest absolute Gasteiger partial charge is 0.311 e. The van der Waals surface area contributed by atoms with Crippen LogP contribution in [0.4, 0.5) is 4.39 Å². The van der Waals surface area contributed by atoms with Crippen molar-refractivity contribution in [3.8, 4) is 28.7 Å². The van der Waals surface area contributed by atoms with Crippen LogP contribution in [0.2, 0.25) is 5.02 Å². The Morgan fingerprint density at radius 2 is 1.90 bits per heavy atom. The summed E-state index contributed by atoms with van der Waals surface area (Å²) in [6, 6.07) is 18.7. The Bertz CT molecular complexity index is 1910. The number of aliphatic hydroxyl groups is 1. The number of halogens is 2. The lowest BCUT2D eigenvalue weighted by molar-refractivity contribution is -0.161. The molecular weight excluding hydrogens is 667 g/mol. The summed E-state index contributed by atoms with van der Waals surface area (Å²) in [4.78, 5) is 12.7. The van der Waals surface area contributed by atoms with Crippen molar-refractivity contribution < 1.29 is 28.5 Å². The molecular formula is C42H44ClFN2O5. The van der Waals surface area contributed by atoms with Crippen LogP contribution in [0.5, 0.6) is 11.5 Å². The highest BCUT2D eigenvalue weighted by molar-refractivity contribution is 6.32. The van der Waals surface area contributed by atoms with Gasteiger partial charge in [-0.15, -0.1) is 0 Å². The van der Waals surface area contributed by atoms with Gasteiger partial charge < -0.3 is 24.6 Å². The van der Waals surface area contributed by atoms with Gasteiger partial charge in [-0.25, -0.2) is 4.39 Å². The number of esters is 1. The number of hydrogen-bond donors (Lipinski definition) is 2. The van der Waals surface area contributed by atoms with Crippen LogP contribution in [-0.2, 0) is 22.4 Å². The number of carbonyl (C=O) groups excluding carboxylic acids is 1. The Morgan fingerprint density at radius 1 is 1.10 bits per heavy atom. The zero-order valence-electron chi connectivity index (χ0n) is 29.3. The summed E-state index contributed by atoms with van der Waals surface area (Å²) < 4.78 is 33.4. The molecule has 2 aliphatic carbocycles. The quantitative estimate of drug-likeness (QED) is 0.143. The largest absolute Gasteiger partial charge is 0.488 e. The fourth-order valence-corrected chi connectivity index (χ4v) is 7.05. The van der Waals surface area contributed by atoms with E-state index in [0.29, 0.717) is 46.9 Å². The van der Waals surface area contributed by atoms with Crippen molar-refractivity contribution in [3.05, 3.63) is 118 Å². The molecule has 7 nitrogen and oxygen atoms in total. The molecule has 2 N–H and O–H groups in total. The average molecular weight is 711 g/mol. The van der Waals surface area contributed by atoms with Crippen LogP contribution < -0.4 is 14.8 Å². The molecule has 6 rings (SSSR count). The van der Waals surface area contributed by atoms with Crippen molar-refractivity contribution in [1.29, 1.82) is 5.26 Å². The molecule has 266 valence electrons. The standard InChI is InChI=1S/C42H44ClFN2O5/c1-42(2,3)51-41(48)29(24-47)21-37-36(46-37)20-28-19-34(43)40(22-39(28)49-25-27-11-6-4-5-10-26(18-27)23-45)50-38-17-16-31-30(13-9-14-33(31)38)32-12-7-8-15-35(32)44/h5,7-15,18-19,22,29,36-38,46-47H,4,6,16-17,20-21,24-25H2,1-3H3/b10-5+,26-18+,27-11+. The molecule has 1 saturated heterocycles. The Balaban J connectivity index is 1.23. The van der Waals surface area contributed by atoms with E-state index >= 15 is 0 Å². The maximum Gasteiger partial charge on any atom is 0.311 e. The van der Waals surface area contributed by atoms with E-state index in [1.165, 1.54) is 6.07 Å². The molecule has 1 fully saturated rings. The van der Waals surface area contributed by atoms with Crippen LogP contribution >= 0.6 is 11.6 Å². The molecule has 0 aromatic heterocycles. The number of hydrogen-bond acceptors (Lipinski definition) is 7. The summed E-state index contributed by atoms with van der Waals surface area (Å²) in [5.41, 5.74) is 5.22. The fraction of sp³-hybridized carbons (Fsp3) is 0.381. The first-order valence-corrected chi connectivity index (χ1v) is 18.0.